The Morgan fingerprint density at radius 2 is 1.76 bits per heavy atom. The van der Waals surface area contributed by atoms with E-state index in [4.69, 9.17) is 11.6 Å². The van der Waals surface area contributed by atoms with E-state index in [1.807, 2.05) is 30.3 Å². The summed E-state index contributed by atoms with van der Waals surface area (Å²) < 4.78 is 28.3. The highest BCUT2D eigenvalue weighted by atomic mass is 35.5. The molecule has 0 aromatic heterocycles. The van der Waals surface area contributed by atoms with Gasteiger partial charge in [0, 0.05) is 17.3 Å². The summed E-state index contributed by atoms with van der Waals surface area (Å²) >= 11 is 6.16. The van der Waals surface area contributed by atoms with Crippen LogP contribution in [0.5, 0.6) is 0 Å². The quantitative estimate of drug-likeness (QED) is 0.430. The van der Waals surface area contributed by atoms with Gasteiger partial charge in [0.05, 0.1) is 4.90 Å². The molecule has 1 N–H and O–H groups in total. The molecular weight excluding hydrogens is 456 g/mol. The molecule has 1 unspecified atom stereocenters. The molecule has 1 fully saturated rings. The van der Waals surface area contributed by atoms with Gasteiger partial charge < -0.3 is 5.32 Å². The van der Waals surface area contributed by atoms with Crippen molar-refractivity contribution in [2.24, 2.45) is 0 Å². The van der Waals surface area contributed by atoms with Gasteiger partial charge >= 0.3 is 0 Å². The number of benzene rings is 3. The third kappa shape index (κ3) is 3.86. The molecule has 2 aliphatic rings. The van der Waals surface area contributed by atoms with Gasteiger partial charge in [-0.15, -0.1) is 0 Å². The van der Waals surface area contributed by atoms with E-state index in [0.29, 0.717) is 41.2 Å². The monoisotopic (exact) mass is 480 g/mol. The molecule has 1 aliphatic carbocycles. The number of anilines is 1. The van der Waals surface area contributed by atoms with E-state index in [2.05, 4.69) is 17.4 Å². The molecule has 1 amide bonds. The van der Waals surface area contributed by atoms with E-state index < -0.39 is 16.1 Å². The van der Waals surface area contributed by atoms with Crippen LogP contribution in [0.4, 0.5) is 5.69 Å². The first-order valence-corrected chi connectivity index (χ1v) is 12.9. The molecule has 5 nitrogen and oxygen atoms in total. The first-order valence-electron chi connectivity index (χ1n) is 11.1. The molecule has 1 saturated heterocycles. The Kier molecular flexibility index (Phi) is 5.55. The number of halogens is 1. The summed E-state index contributed by atoms with van der Waals surface area (Å²) in [4.78, 5) is 13.4. The van der Waals surface area contributed by atoms with Crippen LogP contribution in [0, 0.1) is 13.8 Å². The number of hydrogen-bond acceptors (Lipinski definition) is 3. The smallest absolute Gasteiger partial charge is 0.244 e. The fraction of sp³-hybridized carbons (Fsp3) is 0.269. The van der Waals surface area contributed by atoms with Crippen LogP contribution in [-0.2, 0) is 21.2 Å². The van der Waals surface area contributed by atoms with Gasteiger partial charge in [-0.1, -0.05) is 41.9 Å². The maximum absolute atomic E-state index is 13.5. The number of sulfonamides is 1. The molecule has 1 aliphatic heterocycles. The number of fused-ring (bicyclic) bond motifs is 3. The van der Waals surface area contributed by atoms with Crippen LogP contribution in [-0.4, -0.2) is 31.2 Å². The number of nitrogens with zero attached hydrogens (tertiary/aromatic N) is 1. The van der Waals surface area contributed by atoms with Crippen LogP contribution in [0.2, 0.25) is 5.02 Å². The number of carbonyl (C=O) groups excluding carboxylic acids is 1. The molecule has 7 heteroatoms. The minimum Gasteiger partial charge on any atom is -0.325 e. The predicted molar refractivity (Wildman–Crippen MR) is 131 cm³/mol. The summed E-state index contributed by atoms with van der Waals surface area (Å²) in [6.07, 6.45) is 2.01. The molecule has 3 aromatic carbocycles. The third-order valence-corrected chi connectivity index (χ3v) is 9.07. The Morgan fingerprint density at radius 3 is 2.58 bits per heavy atom. The molecule has 0 spiro atoms. The highest BCUT2D eigenvalue weighted by molar-refractivity contribution is 7.89. The van der Waals surface area contributed by atoms with Crippen LogP contribution >= 0.6 is 11.6 Å². The summed E-state index contributed by atoms with van der Waals surface area (Å²) in [5, 5.41) is 3.49. The van der Waals surface area contributed by atoms with Gasteiger partial charge in [0.2, 0.25) is 15.9 Å². The van der Waals surface area contributed by atoms with E-state index in [0.717, 1.165) is 12.0 Å². The lowest BCUT2D eigenvalue weighted by atomic mass is 10.1. The maximum Gasteiger partial charge on any atom is 0.244 e. The highest BCUT2D eigenvalue weighted by Crippen LogP contribution is 2.38. The van der Waals surface area contributed by atoms with Crippen molar-refractivity contribution < 1.29 is 13.2 Å². The average Bonchev–Trinajstić information content (AvgIpc) is 3.41. The Hall–Kier alpha value is -2.67. The average molecular weight is 481 g/mol. The van der Waals surface area contributed by atoms with Gasteiger partial charge in [-0.25, -0.2) is 8.42 Å². The van der Waals surface area contributed by atoms with Crippen LogP contribution in [0.1, 0.15) is 35.1 Å². The Bertz CT molecular complexity index is 1380. The number of hydrogen-bond donors (Lipinski definition) is 1. The lowest BCUT2D eigenvalue weighted by Crippen LogP contribution is -2.43. The second-order valence-electron chi connectivity index (χ2n) is 8.84. The fourth-order valence-corrected chi connectivity index (χ4v) is 7.04. The van der Waals surface area contributed by atoms with Crippen molar-refractivity contribution in [2.75, 3.05) is 11.9 Å². The Labute approximate surface area is 199 Å². The molecule has 1 atom stereocenters. The van der Waals surface area contributed by atoms with Gasteiger partial charge in [-0.05, 0) is 90.8 Å². The number of nitrogens with one attached hydrogen (secondary N) is 1. The number of rotatable bonds is 4. The zero-order chi connectivity index (χ0) is 23.3. The fourth-order valence-electron chi connectivity index (χ4n) is 4.88. The zero-order valence-corrected chi connectivity index (χ0v) is 20.1. The highest BCUT2D eigenvalue weighted by Gasteiger charge is 2.40. The molecule has 33 heavy (non-hydrogen) atoms. The molecule has 3 aromatic rings. The summed E-state index contributed by atoms with van der Waals surface area (Å²) in [5.74, 6) is -0.300. The number of aryl methyl sites for hydroxylation is 2. The summed E-state index contributed by atoms with van der Waals surface area (Å²) in [5.41, 5.74) is 6.76. The first-order chi connectivity index (χ1) is 15.8. The van der Waals surface area contributed by atoms with Crippen LogP contribution in [0.25, 0.3) is 11.1 Å². The lowest BCUT2D eigenvalue weighted by molar-refractivity contribution is -0.119. The molecular formula is C26H25ClN2O3S. The molecule has 1 heterocycles. The number of carbonyl (C=O) groups is 1. The molecule has 0 saturated carbocycles. The number of amides is 1. The van der Waals surface area contributed by atoms with Crippen molar-refractivity contribution in [3.05, 3.63) is 81.9 Å². The van der Waals surface area contributed by atoms with Crippen molar-refractivity contribution in [1.29, 1.82) is 0 Å². The van der Waals surface area contributed by atoms with E-state index in [-0.39, 0.29) is 10.8 Å². The standard InChI is InChI=1S/C26H25ClN2O3S/c1-16-13-25(17(2)12-23(16)27)33(31,32)29-11-5-8-24(29)26(30)28-20-10-9-19-14-18-6-3-4-7-21(18)22(19)15-20/h3-4,6-7,9-10,12-13,15,24H,5,8,11,14H2,1-2H3,(H,28,30). The molecule has 0 radical (unpaired) electrons. The van der Waals surface area contributed by atoms with E-state index >= 15 is 0 Å². The van der Waals surface area contributed by atoms with E-state index in [1.165, 1.54) is 21.0 Å². The summed E-state index contributed by atoms with van der Waals surface area (Å²) in [6.45, 7) is 3.83. The van der Waals surface area contributed by atoms with Crippen molar-refractivity contribution in [3.63, 3.8) is 0 Å². The minimum absolute atomic E-state index is 0.207. The zero-order valence-electron chi connectivity index (χ0n) is 18.6. The van der Waals surface area contributed by atoms with Crippen molar-refractivity contribution >= 4 is 33.2 Å². The Morgan fingerprint density at radius 1 is 1.00 bits per heavy atom. The van der Waals surface area contributed by atoms with Gasteiger partial charge in [0.25, 0.3) is 0 Å². The molecule has 5 rings (SSSR count). The van der Waals surface area contributed by atoms with Crippen molar-refractivity contribution in [2.45, 2.75) is 44.0 Å². The summed E-state index contributed by atoms with van der Waals surface area (Å²) in [6, 6.07) is 16.7. The van der Waals surface area contributed by atoms with Crippen molar-refractivity contribution in [1.82, 2.24) is 4.31 Å². The predicted octanol–water partition coefficient (Wildman–Crippen LogP) is 5.32. The topological polar surface area (TPSA) is 66.5 Å². The Balaban J connectivity index is 1.40. The van der Waals surface area contributed by atoms with Gasteiger partial charge in [0.1, 0.15) is 6.04 Å². The first kappa shape index (κ1) is 22.1. The van der Waals surface area contributed by atoms with Crippen LogP contribution in [0.15, 0.2) is 59.5 Å². The lowest BCUT2D eigenvalue weighted by Gasteiger charge is -2.24. The maximum atomic E-state index is 13.5. The molecule has 170 valence electrons. The van der Waals surface area contributed by atoms with E-state index in [9.17, 15) is 13.2 Å². The minimum atomic E-state index is -3.83. The molecule has 0 bridgehead atoms. The van der Waals surface area contributed by atoms with E-state index in [1.54, 1.807) is 26.0 Å². The van der Waals surface area contributed by atoms with Gasteiger partial charge in [-0.2, -0.15) is 4.31 Å². The third-order valence-electron chi connectivity index (χ3n) is 6.62. The SMILES string of the molecule is Cc1cc(S(=O)(=O)N2CCCC2C(=O)Nc2ccc3c(c2)-c2ccccc2C3)c(C)cc1Cl. The summed E-state index contributed by atoms with van der Waals surface area (Å²) in [7, 11) is -3.83. The van der Waals surface area contributed by atoms with Crippen LogP contribution in [0.3, 0.4) is 0 Å². The largest absolute Gasteiger partial charge is 0.325 e. The van der Waals surface area contributed by atoms with Gasteiger partial charge in [-0.3, -0.25) is 4.79 Å². The van der Waals surface area contributed by atoms with Crippen molar-refractivity contribution in [3.8, 4) is 11.1 Å². The van der Waals surface area contributed by atoms with Crippen LogP contribution < -0.4 is 5.32 Å². The van der Waals surface area contributed by atoms with Gasteiger partial charge in [0.15, 0.2) is 0 Å². The second-order valence-corrected chi connectivity index (χ2v) is 11.1. The second kappa shape index (κ2) is 8.28. The normalized spacial score (nSPS) is 17.6.